The summed E-state index contributed by atoms with van der Waals surface area (Å²) >= 11 is 0. The molecule has 0 atom stereocenters. The maximum absolute atomic E-state index is 6.12. The van der Waals surface area contributed by atoms with E-state index in [9.17, 15) is 0 Å². The second-order valence-corrected chi connectivity index (χ2v) is 9.25. The summed E-state index contributed by atoms with van der Waals surface area (Å²) in [6, 6.07) is 47.5. The van der Waals surface area contributed by atoms with Crippen molar-refractivity contribution in [2.45, 2.75) is 0 Å². The lowest BCUT2D eigenvalue weighted by molar-refractivity contribution is 1.32. The normalized spacial score (nSPS) is 11.4. The Balaban J connectivity index is 1.64. The molecule has 0 spiro atoms. The van der Waals surface area contributed by atoms with Gasteiger partial charge in [-0.25, -0.2) is 0 Å². The standard InChI is InChI=1S/C34H24N2/c35-25-17-19-26(20-18-25)36(33-21-23-9-1-3-11-27(23)29-13-5-7-15-31(29)33)34-22-24-10-2-4-12-28(24)30-14-6-8-16-32(30)34/h1-22H,35H2. The number of benzene rings is 7. The zero-order chi connectivity index (χ0) is 24.1. The number of rotatable bonds is 3. The van der Waals surface area contributed by atoms with E-state index in [1.807, 2.05) is 12.1 Å². The van der Waals surface area contributed by atoms with Gasteiger partial charge in [-0.05, 0) is 68.7 Å². The van der Waals surface area contributed by atoms with Crippen molar-refractivity contribution in [3.05, 3.63) is 133 Å². The minimum Gasteiger partial charge on any atom is -0.399 e. The van der Waals surface area contributed by atoms with Crippen LogP contribution in [0.4, 0.5) is 22.7 Å². The molecule has 2 nitrogen and oxygen atoms in total. The Kier molecular flexibility index (Phi) is 4.65. The predicted octanol–water partition coefficient (Wildman–Crippen LogP) is 9.35. The van der Waals surface area contributed by atoms with Crippen molar-refractivity contribution in [2.75, 3.05) is 10.6 Å². The molecule has 0 radical (unpaired) electrons. The molecule has 0 unspecified atom stereocenters. The van der Waals surface area contributed by atoms with Crippen LogP contribution < -0.4 is 10.6 Å². The molecule has 0 saturated carbocycles. The van der Waals surface area contributed by atoms with Crippen molar-refractivity contribution < 1.29 is 0 Å². The second kappa shape index (κ2) is 8.14. The Bertz CT molecular complexity index is 1780. The van der Waals surface area contributed by atoms with Crippen LogP contribution in [0.1, 0.15) is 0 Å². The van der Waals surface area contributed by atoms with E-state index in [0.717, 1.165) is 22.7 Å². The van der Waals surface area contributed by atoms with E-state index in [1.54, 1.807) is 0 Å². The van der Waals surface area contributed by atoms with Crippen LogP contribution in [0.2, 0.25) is 0 Å². The first-order valence-electron chi connectivity index (χ1n) is 12.2. The van der Waals surface area contributed by atoms with Gasteiger partial charge >= 0.3 is 0 Å². The van der Waals surface area contributed by atoms with Gasteiger partial charge in [0.25, 0.3) is 0 Å². The van der Waals surface area contributed by atoms with Gasteiger partial charge in [-0.2, -0.15) is 0 Å². The van der Waals surface area contributed by atoms with Crippen molar-refractivity contribution in [3.63, 3.8) is 0 Å². The van der Waals surface area contributed by atoms with Gasteiger partial charge in [0.1, 0.15) is 0 Å². The molecule has 0 bridgehead atoms. The minimum absolute atomic E-state index is 0.755. The molecule has 7 aromatic carbocycles. The summed E-state index contributed by atoms with van der Waals surface area (Å²) in [6.45, 7) is 0. The van der Waals surface area contributed by atoms with Crippen molar-refractivity contribution in [1.29, 1.82) is 0 Å². The average molecular weight is 461 g/mol. The Morgan fingerprint density at radius 1 is 0.389 bits per heavy atom. The highest BCUT2D eigenvalue weighted by Crippen LogP contribution is 2.45. The van der Waals surface area contributed by atoms with E-state index in [4.69, 9.17) is 5.73 Å². The van der Waals surface area contributed by atoms with Gasteiger partial charge in [0.05, 0.1) is 11.4 Å². The monoisotopic (exact) mass is 460 g/mol. The second-order valence-electron chi connectivity index (χ2n) is 9.25. The van der Waals surface area contributed by atoms with Crippen LogP contribution in [0.25, 0.3) is 43.1 Å². The minimum atomic E-state index is 0.755. The van der Waals surface area contributed by atoms with E-state index in [-0.39, 0.29) is 0 Å². The van der Waals surface area contributed by atoms with Gasteiger partial charge in [0.15, 0.2) is 0 Å². The zero-order valence-corrected chi connectivity index (χ0v) is 19.7. The maximum atomic E-state index is 6.12. The van der Waals surface area contributed by atoms with Gasteiger partial charge in [0, 0.05) is 22.1 Å². The molecule has 0 aliphatic carbocycles. The smallest absolute Gasteiger partial charge is 0.0546 e. The predicted molar refractivity (Wildman–Crippen MR) is 156 cm³/mol. The first-order valence-corrected chi connectivity index (χ1v) is 12.2. The van der Waals surface area contributed by atoms with Crippen LogP contribution in [-0.4, -0.2) is 0 Å². The van der Waals surface area contributed by atoms with Crippen molar-refractivity contribution >= 4 is 65.8 Å². The quantitative estimate of drug-likeness (QED) is 0.210. The fraction of sp³-hybridized carbons (Fsp3) is 0. The molecular weight excluding hydrogens is 436 g/mol. The summed E-state index contributed by atoms with van der Waals surface area (Å²) in [5.41, 5.74) is 10.2. The molecular formula is C34H24N2. The third-order valence-electron chi connectivity index (χ3n) is 7.13. The summed E-state index contributed by atoms with van der Waals surface area (Å²) in [5, 5.41) is 9.88. The number of hydrogen-bond donors (Lipinski definition) is 1. The number of anilines is 4. The lowest BCUT2D eigenvalue weighted by Crippen LogP contribution is -2.11. The summed E-state index contributed by atoms with van der Waals surface area (Å²) in [5.74, 6) is 0. The van der Waals surface area contributed by atoms with Gasteiger partial charge in [-0.3, -0.25) is 0 Å². The number of hydrogen-bond acceptors (Lipinski definition) is 2. The van der Waals surface area contributed by atoms with Gasteiger partial charge in [-0.15, -0.1) is 0 Å². The maximum Gasteiger partial charge on any atom is 0.0546 e. The Labute approximate surface area is 209 Å². The molecule has 0 aromatic heterocycles. The van der Waals surface area contributed by atoms with E-state index < -0.39 is 0 Å². The van der Waals surface area contributed by atoms with Crippen LogP contribution in [0.3, 0.4) is 0 Å². The first kappa shape index (κ1) is 20.5. The van der Waals surface area contributed by atoms with E-state index >= 15 is 0 Å². The van der Waals surface area contributed by atoms with E-state index in [2.05, 4.69) is 126 Å². The van der Waals surface area contributed by atoms with Crippen LogP contribution in [-0.2, 0) is 0 Å². The van der Waals surface area contributed by atoms with Gasteiger partial charge in [0.2, 0.25) is 0 Å². The molecule has 2 heteroatoms. The molecule has 7 rings (SSSR count). The Morgan fingerprint density at radius 2 is 0.778 bits per heavy atom. The number of nitrogens with zero attached hydrogens (tertiary/aromatic N) is 1. The van der Waals surface area contributed by atoms with E-state index in [0.29, 0.717) is 0 Å². The van der Waals surface area contributed by atoms with Crippen LogP contribution >= 0.6 is 0 Å². The van der Waals surface area contributed by atoms with E-state index in [1.165, 1.54) is 43.1 Å². The molecule has 0 heterocycles. The van der Waals surface area contributed by atoms with Crippen LogP contribution in [0.5, 0.6) is 0 Å². The number of nitrogen functional groups attached to an aromatic ring is 1. The molecule has 0 fully saturated rings. The number of nitrogens with two attached hydrogens (primary N) is 1. The third-order valence-corrected chi connectivity index (χ3v) is 7.13. The SMILES string of the molecule is Nc1ccc(N(c2cc3ccccc3c3ccccc23)c2cc3ccccc3c3ccccc23)cc1. The molecule has 36 heavy (non-hydrogen) atoms. The highest BCUT2D eigenvalue weighted by atomic mass is 15.1. The fourth-order valence-electron chi connectivity index (χ4n) is 5.47. The van der Waals surface area contributed by atoms with Crippen molar-refractivity contribution in [2.24, 2.45) is 0 Å². The van der Waals surface area contributed by atoms with Gasteiger partial charge in [-0.1, -0.05) is 97.1 Å². The topological polar surface area (TPSA) is 29.3 Å². The fourth-order valence-corrected chi connectivity index (χ4v) is 5.47. The summed E-state index contributed by atoms with van der Waals surface area (Å²) in [4.78, 5) is 2.39. The number of fused-ring (bicyclic) bond motifs is 6. The Hall–Kier alpha value is -4.82. The summed E-state index contributed by atoms with van der Waals surface area (Å²) in [7, 11) is 0. The largest absolute Gasteiger partial charge is 0.399 e. The third kappa shape index (κ3) is 3.19. The molecule has 2 N–H and O–H groups in total. The highest BCUT2D eigenvalue weighted by molar-refractivity contribution is 6.18. The Morgan fingerprint density at radius 3 is 1.25 bits per heavy atom. The molecule has 0 amide bonds. The summed E-state index contributed by atoms with van der Waals surface area (Å²) in [6.07, 6.45) is 0. The molecule has 0 aliphatic heterocycles. The van der Waals surface area contributed by atoms with Gasteiger partial charge < -0.3 is 10.6 Å². The highest BCUT2D eigenvalue weighted by Gasteiger charge is 2.20. The molecule has 0 aliphatic rings. The lowest BCUT2D eigenvalue weighted by atomic mass is 9.96. The molecule has 0 saturated heterocycles. The molecule has 7 aromatic rings. The van der Waals surface area contributed by atoms with Crippen LogP contribution in [0.15, 0.2) is 133 Å². The lowest BCUT2D eigenvalue weighted by Gasteiger charge is -2.29. The molecule has 170 valence electrons. The van der Waals surface area contributed by atoms with Crippen LogP contribution in [0, 0.1) is 0 Å². The van der Waals surface area contributed by atoms with Crippen molar-refractivity contribution in [3.8, 4) is 0 Å². The first-order chi connectivity index (χ1) is 17.8. The summed E-state index contributed by atoms with van der Waals surface area (Å²) < 4.78 is 0. The van der Waals surface area contributed by atoms with Crippen molar-refractivity contribution in [1.82, 2.24) is 0 Å². The zero-order valence-electron chi connectivity index (χ0n) is 19.7. The average Bonchev–Trinajstić information content (AvgIpc) is 2.94.